The normalized spacial score (nSPS) is 19.4. The summed E-state index contributed by atoms with van der Waals surface area (Å²) in [5, 5.41) is 10.6. The monoisotopic (exact) mass is 284 g/mol. The second kappa shape index (κ2) is 4.86. The van der Waals surface area contributed by atoms with E-state index in [0.717, 1.165) is 22.9 Å². The summed E-state index contributed by atoms with van der Waals surface area (Å²) in [6.07, 6.45) is 2.91. The highest BCUT2D eigenvalue weighted by Crippen LogP contribution is 2.41. The Morgan fingerprint density at radius 1 is 1.50 bits per heavy atom. The van der Waals surface area contributed by atoms with Gasteiger partial charge in [-0.1, -0.05) is 28.1 Å². The van der Waals surface area contributed by atoms with Crippen LogP contribution >= 0.6 is 15.9 Å². The summed E-state index contributed by atoms with van der Waals surface area (Å²) in [6, 6.07) is 8.10. The molecule has 1 aliphatic carbocycles. The first-order chi connectivity index (χ1) is 7.64. The third-order valence-electron chi connectivity index (χ3n) is 3.13. The van der Waals surface area contributed by atoms with Crippen LogP contribution < -0.4 is 0 Å². The predicted octanol–water partition coefficient (Wildman–Crippen LogP) is 2.78. The molecule has 16 heavy (non-hydrogen) atoms. The number of ether oxygens (including phenoxy) is 1. The van der Waals surface area contributed by atoms with E-state index in [4.69, 9.17) is 4.74 Å². The third kappa shape index (κ3) is 2.84. The Labute approximate surface area is 105 Å². The lowest BCUT2D eigenvalue weighted by molar-refractivity contribution is -0.0474. The van der Waals surface area contributed by atoms with Crippen LogP contribution in [0, 0.1) is 5.92 Å². The fourth-order valence-corrected chi connectivity index (χ4v) is 2.63. The number of hydrogen-bond acceptors (Lipinski definition) is 2. The second-order valence-corrected chi connectivity index (χ2v) is 5.53. The van der Waals surface area contributed by atoms with E-state index in [1.165, 1.54) is 0 Å². The van der Waals surface area contributed by atoms with Gasteiger partial charge in [0.2, 0.25) is 0 Å². The van der Waals surface area contributed by atoms with Crippen molar-refractivity contribution in [2.75, 3.05) is 13.7 Å². The van der Waals surface area contributed by atoms with Gasteiger partial charge in [0.1, 0.15) is 0 Å². The van der Waals surface area contributed by atoms with Gasteiger partial charge in [-0.3, -0.25) is 0 Å². The highest BCUT2D eigenvalue weighted by molar-refractivity contribution is 9.10. The molecule has 3 heteroatoms. The summed E-state index contributed by atoms with van der Waals surface area (Å²) < 4.78 is 6.21. The summed E-state index contributed by atoms with van der Waals surface area (Å²) in [5.41, 5.74) is 0.469. The quantitative estimate of drug-likeness (QED) is 0.901. The van der Waals surface area contributed by atoms with Gasteiger partial charge in [-0.05, 0) is 36.5 Å². The van der Waals surface area contributed by atoms with Gasteiger partial charge in [-0.2, -0.15) is 0 Å². The van der Waals surface area contributed by atoms with Crippen molar-refractivity contribution >= 4 is 15.9 Å². The van der Waals surface area contributed by atoms with Crippen LogP contribution in [-0.2, 0) is 11.2 Å². The molecule has 1 aliphatic rings. The highest BCUT2D eigenvalue weighted by Gasteiger charge is 2.43. The van der Waals surface area contributed by atoms with E-state index in [1.807, 2.05) is 18.2 Å². The number of hydrogen-bond donors (Lipinski definition) is 1. The van der Waals surface area contributed by atoms with E-state index >= 15 is 0 Å². The summed E-state index contributed by atoms with van der Waals surface area (Å²) in [6.45, 7) is 0.421. The number of rotatable bonds is 5. The molecule has 0 aliphatic heterocycles. The number of aliphatic hydroxyl groups is 1. The molecule has 1 aromatic rings. The van der Waals surface area contributed by atoms with E-state index in [-0.39, 0.29) is 0 Å². The Bertz CT molecular complexity index is 363. The van der Waals surface area contributed by atoms with Gasteiger partial charge in [0.05, 0.1) is 12.2 Å². The SMILES string of the molecule is COCC(O)(Cc1cccc(Br)c1)C1CC1. The van der Waals surface area contributed by atoms with Crippen molar-refractivity contribution in [1.82, 2.24) is 0 Å². The predicted molar refractivity (Wildman–Crippen MR) is 67.4 cm³/mol. The molecule has 1 aromatic carbocycles. The molecule has 0 spiro atoms. The minimum Gasteiger partial charge on any atom is -0.387 e. The average molecular weight is 285 g/mol. The maximum atomic E-state index is 10.6. The molecule has 88 valence electrons. The molecule has 0 radical (unpaired) electrons. The maximum absolute atomic E-state index is 10.6. The molecule has 2 rings (SSSR count). The molecule has 0 amide bonds. The summed E-state index contributed by atoms with van der Waals surface area (Å²) in [7, 11) is 1.65. The van der Waals surface area contributed by atoms with Crippen LogP contribution in [0.5, 0.6) is 0 Å². The maximum Gasteiger partial charge on any atom is 0.0947 e. The van der Waals surface area contributed by atoms with E-state index in [9.17, 15) is 5.11 Å². The second-order valence-electron chi connectivity index (χ2n) is 4.62. The van der Waals surface area contributed by atoms with Crippen molar-refractivity contribution in [3.05, 3.63) is 34.3 Å². The van der Waals surface area contributed by atoms with Crippen molar-refractivity contribution in [1.29, 1.82) is 0 Å². The van der Waals surface area contributed by atoms with E-state index < -0.39 is 5.60 Å². The van der Waals surface area contributed by atoms with Crippen molar-refractivity contribution in [3.8, 4) is 0 Å². The van der Waals surface area contributed by atoms with Crippen molar-refractivity contribution in [2.24, 2.45) is 5.92 Å². The molecule has 0 saturated heterocycles. The number of methoxy groups -OCH3 is 1. The number of halogens is 1. The largest absolute Gasteiger partial charge is 0.387 e. The molecule has 0 aromatic heterocycles. The van der Waals surface area contributed by atoms with Crippen LogP contribution in [0.2, 0.25) is 0 Å². The Morgan fingerprint density at radius 3 is 2.81 bits per heavy atom. The standard InChI is InChI=1S/C13H17BrO2/c1-16-9-13(15,11-5-6-11)8-10-3-2-4-12(14)7-10/h2-4,7,11,15H,5-6,8-9H2,1H3. The third-order valence-corrected chi connectivity index (χ3v) is 3.62. The number of benzene rings is 1. The van der Waals surface area contributed by atoms with Crippen molar-refractivity contribution < 1.29 is 9.84 Å². The molecular formula is C13H17BrO2. The zero-order chi connectivity index (χ0) is 11.6. The van der Waals surface area contributed by atoms with Gasteiger partial charge in [-0.25, -0.2) is 0 Å². The first-order valence-electron chi connectivity index (χ1n) is 5.60. The van der Waals surface area contributed by atoms with Crippen LogP contribution in [0.4, 0.5) is 0 Å². The molecule has 1 unspecified atom stereocenters. The Kier molecular flexibility index (Phi) is 3.67. The van der Waals surface area contributed by atoms with Gasteiger partial charge < -0.3 is 9.84 Å². The molecular weight excluding hydrogens is 268 g/mol. The Hall–Kier alpha value is -0.380. The fourth-order valence-electron chi connectivity index (χ4n) is 2.18. The van der Waals surface area contributed by atoms with Crippen LogP contribution in [0.25, 0.3) is 0 Å². The van der Waals surface area contributed by atoms with Crippen molar-refractivity contribution in [2.45, 2.75) is 24.9 Å². The van der Waals surface area contributed by atoms with E-state index in [1.54, 1.807) is 7.11 Å². The lowest BCUT2D eigenvalue weighted by atomic mass is 9.90. The van der Waals surface area contributed by atoms with Crippen LogP contribution in [0.3, 0.4) is 0 Å². The lowest BCUT2D eigenvalue weighted by Crippen LogP contribution is -2.39. The van der Waals surface area contributed by atoms with Gasteiger partial charge in [0.25, 0.3) is 0 Å². The fraction of sp³-hybridized carbons (Fsp3) is 0.538. The zero-order valence-electron chi connectivity index (χ0n) is 9.45. The van der Waals surface area contributed by atoms with Gasteiger partial charge >= 0.3 is 0 Å². The van der Waals surface area contributed by atoms with Crippen LogP contribution in [0.15, 0.2) is 28.7 Å². The molecule has 2 nitrogen and oxygen atoms in total. The van der Waals surface area contributed by atoms with E-state index in [0.29, 0.717) is 18.9 Å². The highest BCUT2D eigenvalue weighted by atomic mass is 79.9. The Balaban J connectivity index is 2.10. The summed E-state index contributed by atoms with van der Waals surface area (Å²) in [4.78, 5) is 0. The van der Waals surface area contributed by atoms with Crippen molar-refractivity contribution in [3.63, 3.8) is 0 Å². The molecule has 1 saturated carbocycles. The average Bonchev–Trinajstić information content (AvgIpc) is 3.00. The molecule has 0 heterocycles. The molecule has 1 N–H and O–H groups in total. The van der Waals surface area contributed by atoms with Crippen LogP contribution in [-0.4, -0.2) is 24.4 Å². The summed E-state index contributed by atoms with van der Waals surface area (Å²) >= 11 is 3.45. The smallest absolute Gasteiger partial charge is 0.0947 e. The Morgan fingerprint density at radius 2 is 2.25 bits per heavy atom. The first-order valence-corrected chi connectivity index (χ1v) is 6.39. The van der Waals surface area contributed by atoms with Gasteiger partial charge in [0, 0.05) is 18.0 Å². The van der Waals surface area contributed by atoms with Crippen LogP contribution in [0.1, 0.15) is 18.4 Å². The van der Waals surface area contributed by atoms with Gasteiger partial charge in [-0.15, -0.1) is 0 Å². The molecule has 0 bridgehead atoms. The lowest BCUT2D eigenvalue weighted by Gasteiger charge is -2.27. The first kappa shape index (κ1) is 12.1. The topological polar surface area (TPSA) is 29.5 Å². The molecule has 1 fully saturated rings. The minimum absolute atomic E-state index is 0.409. The molecule has 1 atom stereocenters. The summed E-state index contributed by atoms with van der Waals surface area (Å²) in [5.74, 6) is 0.409. The van der Waals surface area contributed by atoms with E-state index in [2.05, 4.69) is 22.0 Å². The minimum atomic E-state index is -0.685. The zero-order valence-corrected chi connectivity index (χ0v) is 11.0. The van der Waals surface area contributed by atoms with Gasteiger partial charge in [0.15, 0.2) is 0 Å².